The first-order valence-corrected chi connectivity index (χ1v) is 8.76. The maximum Gasteiger partial charge on any atom is 0.152 e. The van der Waals surface area contributed by atoms with Crippen molar-refractivity contribution in [1.82, 2.24) is 0 Å². The zero-order valence-electron chi connectivity index (χ0n) is 13.3. The SMILES string of the molecule is CC(C)(C)Sc1ccc(C=O)c(N2CCC3(CC2)CC3)c1. The van der Waals surface area contributed by atoms with Gasteiger partial charge in [-0.25, -0.2) is 0 Å². The molecule has 3 rings (SSSR count). The Balaban J connectivity index is 1.81. The molecule has 3 heteroatoms. The number of carbonyl (C=O) groups is 1. The number of hydrogen-bond donors (Lipinski definition) is 0. The van der Waals surface area contributed by atoms with E-state index >= 15 is 0 Å². The molecule has 21 heavy (non-hydrogen) atoms. The first kappa shape index (κ1) is 15.0. The molecule has 1 saturated heterocycles. The van der Waals surface area contributed by atoms with E-state index in [0.29, 0.717) is 5.41 Å². The highest BCUT2D eigenvalue weighted by Crippen LogP contribution is 2.54. The monoisotopic (exact) mass is 303 g/mol. The standard InChI is InChI=1S/C18H25NOS/c1-17(2,3)21-15-5-4-14(13-20)16(12-15)19-10-8-18(6-7-18)9-11-19/h4-5,12-13H,6-11H2,1-3H3. The van der Waals surface area contributed by atoms with Gasteiger partial charge in [-0.3, -0.25) is 4.79 Å². The molecular formula is C18H25NOS. The predicted octanol–water partition coefficient (Wildman–Crippen LogP) is 4.77. The van der Waals surface area contributed by atoms with Crippen LogP contribution >= 0.6 is 11.8 Å². The van der Waals surface area contributed by atoms with E-state index in [1.807, 2.05) is 17.8 Å². The van der Waals surface area contributed by atoms with Crippen molar-refractivity contribution in [3.63, 3.8) is 0 Å². The van der Waals surface area contributed by atoms with E-state index in [4.69, 9.17) is 0 Å². The molecule has 2 fully saturated rings. The highest BCUT2D eigenvalue weighted by Gasteiger charge is 2.44. The Hall–Kier alpha value is -0.960. The Labute approximate surface area is 132 Å². The van der Waals surface area contributed by atoms with Crippen LogP contribution in [0.4, 0.5) is 5.69 Å². The van der Waals surface area contributed by atoms with E-state index in [2.05, 4.69) is 37.8 Å². The van der Waals surface area contributed by atoms with Crippen molar-refractivity contribution < 1.29 is 4.79 Å². The number of anilines is 1. The Morgan fingerprint density at radius 2 is 1.81 bits per heavy atom. The number of hydrogen-bond acceptors (Lipinski definition) is 3. The van der Waals surface area contributed by atoms with Crippen molar-refractivity contribution in [2.45, 2.75) is 56.1 Å². The molecule has 1 aliphatic heterocycles. The summed E-state index contributed by atoms with van der Waals surface area (Å²) in [7, 11) is 0. The van der Waals surface area contributed by atoms with Gasteiger partial charge in [-0.15, -0.1) is 11.8 Å². The van der Waals surface area contributed by atoms with Crippen molar-refractivity contribution >= 4 is 23.7 Å². The molecule has 0 N–H and O–H groups in total. The first-order chi connectivity index (χ1) is 9.91. The summed E-state index contributed by atoms with van der Waals surface area (Å²) in [5, 5.41) is 0. The summed E-state index contributed by atoms with van der Waals surface area (Å²) in [5.74, 6) is 0. The van der Waals surface area contributed by atoms with Crippen LogP contribution in [0.25, 0.3) is 0 Å². The van der Waals surface area contributed by atoms with Gasteiger partial charge in [0.25, 0.3) is 0 Å². The first-order valence-electron chi connectivity index (χ1n) is 7.94. The average Bonchev–Trinajstić information content (AvgIpc) is 3.17. The minimum atomic E-state index is 0.194. The van der Waals surface area contributed by atoms with Gasteiger partial charge in [0.15, 0.2) is 6.29 Å². The molecule has 1 aromatic rings. The molecule has 0 bridgehead atoms. The Kier molecular flexibility index (Phi) is 3.81. The van der Waals surface area contributed by atoms with Gasteiger partial charge < -0.3 is 4.90 Å². The van der Waals surface area contributed by atoms with Crippen LogP contribution in [0, 0.1) is 5.41 Å². The normalized spacial score (nSPS) is 20.6. The second kappa shape index (κ2) is 5.35. The third kappa shape index (κ3) is 3.45. The van der Waals surface area contributed by atoms with Crippen LogP contribution in [0.3, 0.4) is 0 Å². The number of carbonyl (C=O) groups excluding carboxylic acids is 1. The van der Waals surface area contributed by atoms with Crippen LogP contribution in [0.5, 0.6) is 0 Å². The fraction of sp³-hybridized carbons (Fsp3) is 0.611. The number of thioether (sulfide) groups is 1. The number of nitrogens with zero attached hydrogens (tertiary/aromatic N) is 1. The molecule has 0 unspecified atom stereocenters. The van der Waals surface area contributed by atoms with E-state index in [0.717, 1.165) is 30.6 Å². The molecule has 1 saturated carbocycles. The molecule has 1 heterocycles. The van der Waals surface area contributed by atoms with Gasteiger partial charge in [0.1, 0.15) is 0 Å². The largest absolute Gasteiger partial charge is 0.371 e. The van der Waals surface area contributed by atoms with Crippen LogP contribution in [-0.4, -0.2) is 24.1 Å². The van der Waals surface area contributed by atoms with Crippen LogP contribution in [-0.2, 0) is 0 Å². The fourth-order valence-electron chi connectivity index (χ4n) is 3.21. The van der Waals surface area contributed by atoms with Crippen molar-refractivity contribution in [3.8, 4) is 0 Å². The Morgan fingerprint density at radius 1 is 1.14 bits per heavy atom. The Morgan fingerprint density at radius 3 is 2.33 bits per heavy atom. The lowest BCUT2D eigenvalue weighted by Crippen LogP contribution is -2.35. The summed E-state index contributed by atoms with van der Waals surface area (Å²) in [6, 6.07) is 6.28. The number of benzene rings is 1. The lowest BCUT2D eigenvalue weighted by atomic mass is 9.93. The van der Waals surface area contributed by atoms with E-state index in [-0.39, 0.29) is 4.75 Å². The molecule has 0 aromatic heterocycles. The predicted molar refractivity (Wildman–Crippen MR) is 90.6 cm³/mol. The van der Waals surface area contributed by atoms with Gasteiger partial charge in [-0.2, -0.15) is 0 Å². The van der Waals surface area contributed by atoms with E-state index in [1.165, 1.54) is 30.6 Å². The van der Waals surface area contributed by atoms with Crippen LogP contribution < -0.4 is 4.90 Å². The number of piperidine rings is 1. The lowest BCUT2D eigenvalue weighted by Gasteiger charge is -2.35. The van der Waals surface area contributed by atoms with Gasteiger partial charge in [-0.05, 0) is 49.3 Å². The number of rotatable bonds is 3. The maximum absolute atomic E-state index is 11.4. The molecular weight excluding hydrogens is 278 g/mol. The van der Waals surface area contributed by atoms with Gasteiger partial charge in [0.05, 0.1) is 0 Å². The lowest BCUT2D eigenvalue weighted by molar-refractivity contribution is 0.112. The van der Waals surface area contributed by atoms with Crippen LogP contribution in [0.1, 0.15) is 56.8 Å². The summed E-state index contributed by atoms with van der Waals surface area (Å²) in [6.45, 7) is 8.88. The second-order valence-electron chi connectivity index (χ2n) is 7.54. The van der Waals surface area contributed by atoms with Crippen molar-refractivity contribution in [1.29, 1.82) is 0 Å². The van der Waals surface area contributed by atoms with Crippen LogP contribution in [0.15, 0.2) is 23.1 Å². The molecule has 114 valence electrons. The van der Waals surface area contributed by atoms with Crippen molar-refractivity contribution in [2.75, 3.05) is 18.0 Å². The second-order valence-corrected chi connectivity index (χ2v) is 9.44. The van der Waals surface area contributed by atoms with E-state index in [1.54, 1.807) is 0 Å². The molecule has 0 atom stereocenters. The molecule has 1 aliphatic carbocycles. The zero-order chi connectivity index (χ0) is 15.1. The van der Waals surface area contributed by atoms with E-state index < -0.39 is 0 Å². The fourth-order valence-corrected chi connectivity index (χ4v) is 4.23. The quantitative estimate of drug-likeness (QED) is 0.592. The molecule has 2 nitrogen and oxygen atoms in total. The van der Waals surface area contributed by atoms with Gasteiger partial charge in [-0.1, -0.05) is 20.8 Å². The summed E-state index contributed by atoms with van der Waals surface area (Å²) < 4.78 is 0.194. The maximum atomic E-state index is 11.4. The van der Waals surface area contributed by atoms with E-state index in [9.17, 15) is 4.79 Å². The highest BCUT2D eigenvalue weighted by atomic mass is 32.2. The molecule has 0 amide bonds. The molecule has 2 aliphatic rings. The molecule has 0 radical (unpaired) electrons. The summed E-state index contributed by atoms with van der Waals surface area (Å²) in [6.07, 6.45) is 6.43. The highest BCUT2D eigenvalue weighted by molar-refractivity contribution is 8.00. The third-order valence-corrected chi connectivity index (χ3v) is 5.78. The average molecular weight is 303 g/mol. The van der Waals surface area contributed by atoms with Crippen LogP contribution in [0.2, 0.25) is 0 Å². The summed E-state index contributed by atoms with van der Waals surface area (Å²) in [5.41, 5.74) is 2.64. The molecule has 1 spiro atoms. The Bertz CT molecular complexity index is 533. The minimum absolute atomic E-state index is 0.194. The molecule has 1 aromatic carbocycles. The van der Waals surface area contributed by atoms with Gasteiger partial charge in [0.2, 0.25) is 0 Å². The van der Waals surface area contributed by atoms with Crippen molar-refractivity contribution in [3.05, 3.63) is 23.8 Å². The van der Waals surface area contributed by atoms with Gasteiger partial charge >= 0.3 is 0 Å². The third-order valence-electron chi connectivity index (χ3n) is 4.67. The summed E-state index contributed by atoms with van der Waals surface area (Å²) >= 11 is 1.87. The van der Waals surface area contributed by atoms with Gasteiger partial charge in [0, 0.05) is 34.0 Å². The van der Waals surface area contributed by atoms with Crippen molar-refractivity contribution in [2.24, 2.45) is 5.41 Å². The minimum Gasteiger partial charge on any atom is -0.371 e. The zero-order valence-corrected chi connectivity index (χ0v) is 14.1. The smallest absolute Gasteiger partial charge is 0.152 e. The number of aldehydes is 1. The topological polar surface area (TPSA) is 20.3 Å². The summed E-state index contributed by atoms with van der Waals surface area (Å²) in [4.78, 5) is 15.0.